The van der Waals surface area contributed by atoms with Crippen LogP contribution >= 0.6 is 11.3 Å². The van der Waals surface area contributed by atoms with Crippen LogP contribution in [0.15, 0.2) is 40.5 Å². The van der Waals surface area contributed by atoms with Crippen LogP contribution in [0, 0.1) is 6.92 Å². The molecule has 144 valence electrons. The lowest BCUT2D eigenvalue weighted by Gasteiger charge is -2.32. The average Bonchev–Trinajstić information content (AvgIpc) is 2.99. The number of hydrogen-bond donors (Lipinski definition) is 1. The van der Waals surface area contributed by atoms with Gasteiger partial charge in [-0.25, -0.2) is 0 Å². The number of carbonyl (C=O) groups excluding carboxylic acids is 2. The Balaban J connectivity index is 1.41. The average molecular weight is 389 g/mol. The van der Waals surface area contributed by atoms with E-state index in [1.807, 2.05) is 37.3 Å². The van der Waals surface area contributed by atoms with Gasteiger partial charge >= 0.3 is 4.87 Å². The minimum absolute atomic E-state index is 0.0153. The van der Waals surface area contributed by atoms with Crippen LogP contribution in [-0.2, 0) is 16.1 Å². The number of nitrogens with one attached hydrogen (secondary N) is 1. The van der Waals surface area contributed by atoms with Crippen molar-refractivity contribution in [2.45, 2.75) is 32.4 Å². The maximum absolute atomic E-state index is 12.3. The van der Waals surface area contributed by atoms with Crippen molar-refractivity contribution >= 4 is 23.2 Å². The third-order valence-electron chi connectivity index (χ3n) is 4.60. The number of nitrogens with zero attached hydrogens (tertiary/aromatic N) is 2. The lowest BCUT2D eigenvalue weighted by atomic mass is 10.0. The summed E-state index contributed by atoms with van der Waals surface area (Å²) in [5.74, 6) is 0.451. The Morgan fingerprint density at radius 2 is 1.93 bits per heavy atom. The SMILES string of the molecule is Cc1csc(=O)n1CC(=O)NC1CCN(C(=O)COc2ccccc2)CC1. The highest BCUT2D eigenvalue weighted by molar-refractivity contribution is 7.07. The number of hydrogen-bond acceptors (Lipinski definition) is 5. The van der Waals surface area contributed by atoms with Crippen molar-refractivity contribution in [2.75, 3.05) is 19.7 Å². The Morgan fingerprint density at radius 1 is 1.22 bits per heavy atom. The van der Waals surface area contributed by atoms with E-state index in [1.54, 1.807) is 10.3 Å². The number of aromatic nitrogens is 1. The van der Waals surface area contributed by atoms with Gasteiger partial charge < -0.3 is 15.0 Å². The number of piperidine rings is 1. The van der Waals surface area contributed by atoms with Gasteiger partial charge in [0.05, 0.1) is 0 Å². The smallest absolute Gasteiger partial charge is 0.307 e. The topological polar surface area (TPSA) is 80.6 Å². The van der Waals surface area contributed by atoms with Crippen LogP contribution < -0.4 is 14.9 Å². The first-order valence-electron chi connectivity index (χ1n) is 8.93. The molecule has 1 aromatic heterocycles. The summed E-state index contributed by atoms with van der Waals surface area (Å²) in [5, 5.41) is 4.71. The first kappa shape index (κ1) is 19.2. The number of aryl methyl sites for hydroxylation is 1. The van der Waals surface area contributed by atoms with Crippen molar-refractivity contribution in [3.63, 3.8) is 0 Å². The highest BCUT2D eigenvalue weighted by Gasteiger charge is 2.24. The highest BCUT2D eigenvalue weighted by atomic mass is 32.1. The van der Waals surface area contributed by atoms with Crippen LogP contribution in [0.3, 0.4) is 0 Å². The third kappa shape index (κ3) is 5.19. The van der Waals surface area contributed by atoms with Crippen LogP contribution in [0.4, 0.5) is 0 Å². The van der Waals surface area contributed by atoms with Crippen molar-refractivity contribution in [3.8, 4) is 5.75 Å². The highest BCUT2D eigenvalue weighted by Crippen LogP contribution is 2.13. The van der Waals surface area contributed by atoms with E-state index >= 15 is 0 Å². The molecule has 1 aliphatic heterocycles. The number of likely N-dealkylation sites (tertiary alicyclic amines) is 1. The molecule has 0 unspecified atom stereocenters. The molecule has 1 aliphatic rings. The van der Waals surface area contributed by atoms with Crippen molar-refractivity contribution in [1.29, 1.82) is 0 Å². The van der Waals surface area contributed by atoms with E-state index in [2.05, 4.69) is 5.32 Å². The summed E-state index contributed by atoms with van der Waals surface area (Å²) >= 11 is 1.10. The number of benzene rings is 1. The molecular weight excluding hydrogens is 366 g/mol. The number of thiazole rings is 1. The zero-order valence-corrected chi connectivity index (χ0v) is 16.0. The Morgan fingerprint density at radius 3 is 2.56 bits per heavy atom. The molecule has 0 radical (unpaired) electrons. The Bertz CT molecular complexity index is 838. The van der Waals surface area contributed by atoms with Crippen molar-refractivity contribution in [3.05, 3.63) is 51.1 Å². The van der Waals surface area contributed by atoms with Gasteiger partial charge in [-0.15, -0.1) is 0 Å². The Labute approximate surface area is 161 Å². The van der Waals surface area contributed by atoms with Crippen LogP contribution in [0.5, 0.6) is 5.75 Å². The van der Waals surface area contributed by atoms with Crippen molar-refractivity contribution in [2.24, 2.45) is 0 Å². The second kappa shape index (κ2) is 8.85. The summed E-state index contributed by atoms with van der Waals surface area (Å²) in [6, 6.07) is 9.26. The van der Waals surface area contributed by atoms with E-state index < -0.39 is 0 Å². The second-order valence-electron chi connectivity index (χ2n) is 6.55. The molecule has 2 heterocycles. The van der Waals surface area contributed by atoms with Crippen molar-refractivity contribution in [1.82, 2.24) is 14.8 Å². The van der Waals surface area contributed by atoms with Gasteiger partial charge in [-0.3, -0.25) is 19.0 Å². The molecule has 3 rings (SSSR count). The minimum Gasteiger partial charge on any atom is -0.484 e. The molecule has 0 spiro atoms. The van der Waals surface area contributed by atoms with Crippen LogP contribution in [0.1, 0.15) is 18.5 Å². The number of para-hydroxylation sites is 1. The van der Waals surface area contributed by atoms with Crippen LogP contribution in [0.2, 0.25) is 0 Å². The molecule has 2 amide bonds. The zero-order chi connectivity index (χ0) is 19.2. The predicted octanol–water partition coefficient (Wildman–Crippen LogP) is 1.40. The van der Waals surface area contributed by atoms with E-state index in [4.69, 9.17) is 4.74 Å². The summed E-state index contributed by atoms with van der Waals surface area (Å²) in [6.45, 7) is 3.03. The van der Waals surface area contributed by atoms with Gasteiger partial charge in [0.15, 0.2) is 6.61 Å². The van der Waals surface area contributed by atoms with Gasteiger partial charge in [0, 0.05) is 30.2 Å². The first-order valence-corrected chi connectivity index (χ1v) is 9.81. The van der Waals surface area contributed by atoms with Crippen LogP contribution in [-0.4, -0.2) is 47.0 Å². The fraction of sp³-hybridized carbons (Fsp3) is 0.421. The Hall–Kier alpha value is -2.61. The molecular formula is C19H23N3O4S. The Kier molecular flexibility index (Phi) is 6.28. The van der Waals surface area contributed by atoms with Crippen LogP contribution in [0.25, 0.3) is 0 Å². The van der Waals surface area contributed by atoms with E-state index in [9.17, 15) is 14.4 Å². The normalized spacial score (nSPS) is 14.8. The quantitative estimate of drug-likeness (QED) is 0.810. The maximum Gasteiger partial charge on any atom is 0.307 e. The largest absolute Gasteiger partial charge is 0.484 e. The van der Waals surface area contributed by atoms with E-state index in [0.717, 1.165) is 17.0 Å². The second-order valence-corrected chi connectivity index (χ2v) is 7.37. The predicted molar refractivity (Wildman–Crippen MR) is 103 cm³/mol. The lowest BCUT2D eigenvalue weighted by molar-refractivity contribution is -0.134. The molecule has 7 nitrogen and oxygen atoms in total. The molecule has 27 heavy (non-hydrogen) atoms. The summed E-state index contributed by atoms with van der Waals surface area (Å²) in [7, 11) is 0. The first-order chi connectivity index (χ1) is 13.0. The number of ether oxygens (including phenoxy) is 1. The molecule has 0 saturated carbocycles. The molecule has 1 saturated heterocycles. The monoisotopic (exact) mass is 389 g/mol. The lowest BCUT2D eigenvalue weighted by Crippen LogP contribution is -2.48. The van der Waals surface area contributed by atoms with Gasteiger partial charge in [-0.05, 0) is 31.9 Å². The third-order valence-corrected chi connectivity index (χ3v) is 5.48. The number of amides is 2. The molecule has 2 aromatic rings. The zero-order valence-electron chi connectivity index (χ0n) is 15.2. The van der Waals surface area contributed by atoms with Crippen molar-refractivity contribution < 1.29 is 14.3 Å². The summed E-state index contributed by atoms with van der Waals surface area (Å²) in [5.41, 5.74) is 0.791. The molecule has 1 aromatic carbocycles. The standard InChI is InChI=1S/C19H23N3O4S/c1-14-13-27-19(25)22(14)11-17(23)20-15-7-9-21(10-8-15)18(24)12-26-16-5-3-2-4-6-16/h2-6,13,15H,7-12H2,1H3,(H,20,23). The van der Waals surface area contributed by atoms with Gasteiger partial charge in [-0.2, -0.15) is 0 Å². The summed E-state index contributed by atoms with van der Waals surface area (Å²) in [4.78, 5) is 37.8. The number of carbonyl (C=O) groups is 2. The van der Waals surface area contributed by atoms with Gasteiger partial charge in [0.2, 0.25) is 5.91 Å². The molecule has 1 N–H and O–H groups in total. The molecule has 0 bridgehead atoms. The number of rotatable bonds is 6. The summed E-state index contributed by atoms with van der Waals surface area (Å²) < 4.78 is 6.97. The van der Waals surface area contributed by atoms with E-state index in [-0.39, 0.29) is 35.9 Å². The van der Waals surface area contributed by atoms with E-state index in [1.165, 1.54) is 4.57 Å². The minimum atomic E-state index is -0.171. The molecule has 0 atom stereocenters. The summed E-state index contributed by atoms with van der Waals surface area (Å²) in [6.07, 6.45) is 1.39. The van der Waals surface area contributed by atoms with Gasteiger partial charge in [0.25, 0.3) is 5.91 Å². The van der Waals surface area contributed by atoms with E-state index in [0.29, 0.717) is 31.7 Å². The maximum atomic E-state index is 12.3. The fourth-order valence-electron chi connectivity index (χ4n) is 3.04. The van der Waals surface area contributed by atoms with Gasteiger partial charge in [-0.1, -0.05) is 29.5 Å². The fourth-order valence-corrected chi connectivity index (χ4v) is 3.77. The molecule has 1 fully saturated rings. The molecule has 8 heteroatoms. The molecule has 0 aliphatic carbocycles. The van der Waals surface area contributed by atoms with Gasteiger partial charge in [0.1, 0.15) is 12.3 Å².